The van der Waals surface area contributed by atoms with Gasteiger partial charge in [0.25, 0.3) is 0 Å². The second-order valence-electron chi connectivity index (χ2n) is 8.52. The average molecular weight is 278 g/mol. The van der Waals surface area contributed by atoms with Crippen molar-refractivity contribution in [3.8, 4) is 0 Å². The van der Waals surface area contributed by atoms with Crippen LogP contribution in [0.15, 0.2) is 12.2 Å². The fraction of sp³-hybridized carbons (Fsp3) is 0.895. The van der Waals surface area contributed by atoms with Crippen molar-refractivity contribution in [3.05, 3.63) is 12.2 Å². The van der Waals surface area contributed by atoms with Crippen LogP contribution >= 0.6 is 0 Å². The molecule has 2 rings (SSSR count). The summed E-state index contributed by atoms with van der Waals surface area (Å²) in [6.07, 6.45) is 11.3. The molecule has 1 saturated heterocycles. The van der Waals surface area contributed by atoms with Gasteiger partial charge in [0.2, 0.25) is 0 Å². The summed E-state index contributed by atoms with van der Waals surface area (Å²) in [4.78, 5) is 0. The fourth-order valence-electron chi connectivity index (χ4n) is 4.01. The molecule has 3 atom stereocenters. The topological polar surface area (TPSA) is 9.23 Å². The zero-order valence-electron chi connectivity index (χ0n) is 14.1. The van der Waals surface area contributed by atoms with Crippen LogP contribution in [0.3, 0.4) is 0 Å². The Morgan fingerprint density at radius 3 is 2.30 bits per heavy atom. The van der Waals surface area contributed by atoms with Crippen molar-refractivity contribution in [1.82, 2.24) is 0 Å². The quantitative estimate of drug-likeness (QED) is 0.596. The van der Waals surface area contributed by atoms with E-state index in [2.05, 4.69) is 34.3 Å². The summed E-state index contributed by atoms with van der Waals surface area (Å²) < 4.78 is 6.30. The van der Waals surface area contributed by atoms with Crippen LogP contribution in [0.4, 0.5) is 0 Å². The van der Waals surface area contributed by atoms with Gasteiger partial charge in [0.05, 0.1) is 12.2 Å². The summed E-state index contributed by atoms with van der Waals surface area (Å²) in [5.74, 6) is 1.73. The minimum absolute atomic E-state index is 0.398. The van der Waals surface area contributed by atoms with E-state index < -0.39 is 0 Å². The lowest BCUT2D eigenvalue weighted by atomic mass is 9.77. The lowest BCUT2D eigenvalue weighted by Crippen LogP contribution is -2.23. The molecule has 20 heavy (non-hydrogen) atoms. The van der Waals surface area contributed by atoms with Crippen molar-refractivity contribution in [1.29, 1.82) is 0 Å². The van der Waals surface area contributed by atoms with Crippen molar-refractivity contribution in [3.63, 3.8) is 0 Å². The Balaban J connectivity index is 1.73. The van der Waals surface area contributed by atoms with Crippen LogP contribution in [0, 0.1) is 17.3 Å². The first kappa shape index (κ1) is 16.1. The summed E-state index contributed by atoms with van der Waals surface area (Å²) in [7, 11) is 0. The molecule has 0 aromatic heterocycles. The molecule has 0 aromatic rings. The number of hydrogen-bond donors (Lipinski definition) is 0. The van der Waals surface area contributed by atoms with E-state index >= 15 is 0 Å². The van der Waals surface area contributed by atoms with Gasteiger partial charge in [-0.25, -0.2) is 0 Å². The molecule has 2 aliphatic rings. The maximum atomic E-state index is 6.30. The largest absolute Gasteiger partial charge is 0.375 e. The maximum absolute atomic E-state index is 6.30. The highest BCUT2D eigenvalue weighted by Gasteiger charge is 2.31. The fourth-order valence-corrected chi connectivity index (χ4v) is 4.01. The molecule has 2 fully saturated rings. The molecule has 1 aliphatic heterocycles. The lowest BCUT2D eigenvalue weighted by Gasteiger charge is -2.30. The van der Waals surface area contributed by atoms with Gasteiger partial charge >= 0.3 is 0 Å². The van der Waals surface area contributed by atoms with Crippen LogP contribution in [0.2, 0.25) is 0 Å². The van der Waals surface area contributed by atoms with Gasteiger partial charge in [-0.3, -0.25) is 0 Å². The summed E-state index contributed by atoms with van der Waals surface area (Å²) in [5, 5.41) is 0. The van der Waals surface area contributed by atoms with E-state index in [0.717, 1.165) is 11.8 Å². The van der Waals surface area contributed by atoms with Crippen LogP contribution in [0.5, 0.6) is 0 Å². The maximum Gasteiger partial charge on any atom is 0.0584 e. The zero-order valence-corrected chi connectivity index (χ0v) is 14.1. The number of hydrogen-bond acceptors (Lipinski definition) is 1. The standard InChI is InChI=1S/C19H34O/c1-14-6-8-16(9-7-14)15(2)12-17-10-11-18(20-17)13-19(3,4)5/h15-18H,1,6-13H2,2-5H3. The van der Waals surface area contributed by atoms with Gasteiger partial charge in [0.1, 0.15) is 0 Å². The van der Waals surface area contributed by atoms with E-state index in [9.17, 15) is 0 Å². The molecule has 3 unspecified atom stereocenters. The van der Waals surface area contributed by atoms with Gasteiger partial charge in [0.15, 0.2) is 0 Å². The van der Waals surface area contributed by atoms with Gasteiger partial charge < -0.3 is 4.74 Å². The van der Waals surface area contributed by atoms with E-state index in [1.807, 2.05) is 0 Å². The predicted molar refractivity (Wildman–Crippen MR) is 86.8 cm³/mol. The molecule has 1 heterocycles. The third-order valence-corrected chi connectivity index (χ3v) is 5.21. The Labute approximate surface area is 126 Å². The van der Waals surface area contributed by atoms with Crippen LogP contribution in [-0.2, 0) is 4.74 Å². The van der Waals surface area contributed by atoms with Crippen molar-refractivity contribution >= 4 is 0 Å². The van der Waals surface area contributed by atoms with Crippen LogP contribution in [0.1, 0.15) is 79.1 Å². The van der Waals surface area contributed by atoms with Crippen LogP contribution in [0.25, 0.3) is 0 Å². The Morgan fingerprint density at radius 2 is 1.70 bits per heavy atom. The Hall–Kier alpha value is -0.300. The first-order valence-corrected chi connectivity index (χ1v) is 8.65. The number of ether oxygens (including phenoxy) is 1. The molecular formula is C19H34O. The van der Waals surface area contributed by atoms with E-state index in [-0.39, 0.29) is 0 Å². The monoisotopic (exact) mass is 278 g/mol. The molecule has 0 spiro atoms. The zero-order chi connectivity index (χ0) is 14.8. The van der Waals surface area contributed by atoms with Gasteiger partial charge in [-0.15, -0.1) is 0 Å². The van der Waals surface area contributed by atoms with Crippen molar-refractivity contribution in [2.24, 2.45) is 17.3 Å². The second kappa shape index (κ2) is 6.64. The van der Waals surface area contributed by atoms with Crippen molar-refractivity contribution in [2.45, 2.75) is 91.3 Å². The number of rotatable bonds is 4. The first-order chi connectivity index (χ1) is 9.33. The molecular weight excluding hydrogens is 244 g/mol. The SMILES string of the molecule is C=C1CCC(C(C)CC2CCC(CC(C)(C)C)O2)CC1. The van der Waals surface area contributed by atoms with Crippen molar-refractivity contribution < 1.29 is 4.74 Å². The molecule has 0 aromatic carbocycles. The number of allylic oxidation sites excluding steroid dienone is 1. The van der Waals surface area contributed by atoms with E-state index in [0.29, 0.717) is 17.6 Å². The molecule has 1 nitrogen and oxygen atoms in total. The van der Waals surface area contributed by atoms with Gasteiger partial charge in [-0.1, -0.05) is 39.8 Å². The molecule has 1 saturated carbocycles. The third-order valence-electron chi connectivity index (χ3n) is 5.21. The Kier molecular flexibility index (Phi) is 5.34. The van der Waals surface area contributed by atoms with E-state index in [1.54, 1.807) is 0 Å². The van der Waals surface area contributed by atoms with Gasteiger partial charge in [0, 0.05) is 0 Å². The molecule has 0 amide bonds. The third kappa shape index (κ3) is 4.91. The summed E-state index contributed by atoms with van der Waals surface area (Å²) in [6.45, 7) is 13.5. The predicted octanol–water partition coefficient (Wildman–Crippen LogP) is 5.74. The smallest absolute Gasteiger partial charge is 0.0584 e. The van der Waals surface area contributed by atoms with E-state index in [1.165, 1.54) is 56.9 Å². The molecule has 0 N–H and O–H groups in total. The Bertz CT molecular complexity index is 315. The van der Waals surface area contributed by atoms with Gasteiger partial charge in [-0.05, 0) is 68.6 Å². The van der Waals surface area contributed by atoms with Gasteiger partial charge in [-0.2, -0.15) is 0 Å². The summed E-state index contributed by atoms with van der Waals surface area (Å²) in [5.41, 5.74) is 1.87. The van der Waals surface area contributed by atoms with E-state index in [4.69, 9.17) is 4.74 Å². The Morgan fingerprint density at radius 1 is 1.10 bits per heavy atom. The molecule has 1 aliphatic carbocycles. The molecule has 1 heteroatoms. The molecule has 0 radical (unpaired) electrons. The highest BCUT2D eigenvalue weighted by Crippen LogP contribution is 2.37. The second-order valence-corrected chi connectivity index (χ2v) is 8.52. The average Bonchev–Trinajstić information content (AvgIpc) is 2.74. The van der Waals surface area contributed by atoms with Crippen molar-refractivity contribution in [2.75, 3.05) is 0 Å². The minimum atomic E-state index is 0.398. The molecule has 116 valence electrons. The summed E-state index contributed by atoms with van der Waals surface area (Å²) in [6, 6.07) is 0. The highest BCUT2D eigenvalue weighted by molar-refractivity contribution is 4.99. The first-order valence-electron chi connectivity index (χ1n) is 8.65. The highest BCUT2D eigenvalue weighted by atomic mass is 16.5. The lowest BCUT2D eigenvalue weighted by molar-refractivity contribution is 0.00731. The van der Waals surface area contributed by atoms with Crippen LogP contribution in [-0.4, -0.2) is 12.2 Å². The normalized spacial score (nSPS) is 30.7. The minimum Gasteiger partial charge on any atom is -0.375 e. The van der Waals surface area contributed by atoms with Crippen LogP contribution < -0.4 is 0 Å². The molecule has 0 bridgehead atoms. The summed E-state index contributed by atoms with van der Waals surface area (Å²) >= 11 is 0.